The van der Waals surface area contributed by atoms with Crippen LogP contribution in [0.4, 0.5) is 0 Å². The minimum Gasteiger partial charge on any atom is -0.454 e. The molecule has 0 saturated carbocycles. The van der Waals surface area contributed by atoms with E-state index in [1.54, 1.807) is 7.05 Å². The van der Waals surface area contributed by atoms with E-state index in [0.717, 1.165) is 63.2 Å². The number of morpholine rings is 1. The highest BCUT2D eigenvalue weighted by atomic mass is 16.7. The van der Waals surface area contributed by atoms with Crippen molar-refractivity contribution in [3.63, 3.8) is 0 Å². The molecule has 1 atom stereocenters. The van der Waals surface area contributed by atoms with E-state index in [1.165, 1.54) is 16.7 Å². The zero-order valence-electron chi connectivity index (χ0n) is 18.4. The zero-order valence-corrected chi connectivity index (χ0v) is 18.4. The molecule has 2 N–H and O–H groups in total. The van der Waals surface area contributed by atoms with Gasteiger partial charge in [0.15, 0.2) is 17.5 Å². The third-order valence-corrected chi connectivity index (χ3v) is 5.55. The minimum atomic E-state index is 0.306. The molecule has 2 heterocycles. The van der Waals surface area contributed by atoms with Crippen LogP contribution in [0.2, 0.25) is 0 Å². The molecular weight excluding hydrogens is 392 g/mol. The van der Waals surface area contributed by atoms with E-state index in [1.807, 2.05) is 12.1 Å². The number of nitrogens with one attached hydrogen (secondary N) is 2. The number of hydrogen-bond acceptors (Lipinski definition) is 5. The van der Waals surface area contributed by atoms with Gasteiger partial charge in [0, 0.05) is 39.8 Å². The number of rotatable bonds is 7. The van der Waals surface area contributed by atoms with Gasteiger partial charge in [-0.05, 0) is 42.2 Å². The summed E-state index contributed by atoms with van der Waals surface area (Å²) in [5, 5.41) is 6.80. The van der Waals surface area contributed by atoms with Crippen molar-refractivity contribution in [3.8, 4) is 11.5 Å². The van der Waals surface area contributed by atoms with Crippen molar-refractivity contribution < 1.29 is 14.2 Å². The van der Waals surface area contributed by atoms with E-state index in [4.69, 9.17) is 14.2 Å². The number of guanidine groups is 1. The van der Waals surface area contributed by atoms with Gasteiger partial charge >= 0.3 is 0 Å². The van der Waals surface area contributed by atoms with Crippen LogP contribution in [-0.2, 0) is 24.2 Å². The first-order chi connectivity index (χ1) is 15.2. The van der Waals surface area contributed by atoms with Gasteiger partial charge in [-0.3, -0.25) is 9.89 Å². The lowest BCUT2D eigenvalue weighted by Crippen LogP contribution is -2.40. The number of aliphatic imine (C=N–C) groups is 1. The van der Waals surface area contributed by atoms with E-state index >= 15 is 0 Å². The van der Waals surface area contributed by atoms with E-state index in [0.29, 0.717) is 12.9 Å². The topological polar surface area (TPSA) is 67.4 Å². The van der Waals surface area contributed by atoms with Gasteiger partial charge in [-0.2, -0.15) is 0 Å². The Morgan fingerprint density at radius 1 is 1.06 bits per heavy atom. The third-order valence-electron chi connectivity index (χ3n) is 5.55. The number of hydrogen-bond donors (Lipinski definition) is 2. The maximum atomic E-state index is 5.64. The second-order valence-electron chi connectivity index (χ2n) is 8.03. The van der Waals surface area contributed by atoms with Gasteiger partial charge in [0.25, 0.3) is 0 Å². The molecule has 1 fully saturated rings. The lowest BCUT2D eigenvalue weighted by atomic mass is 10.1. The SMILES string of the molecule is CN=C(NCCc1ccc2c(c1)OCO2)NCc1cccc(CN2CCOC(C)C2)c1. The van der Waals surface area contributed by atoms with Gasteiger partial charge < -0.3 is 24.8 Å². The van der Waals surface area contributed by atoms with E-state index in [-0.39, 0.29) is 0 Å². The molecule has 4 rings (SSSR count). The van der Waals surface area contributed by atoms with Crippen LogP contribution >= 0.6 is 0 Å². The predicted molar refractivity (Wildman–Crippen MR) is 122 cm³/mol. The standard InChI is InChI=1S/C24H32N4O3/c1-18-15-28(10-11-29-18)16-21-5-3-4-20(12-21)14-27-24(25-2)26-9-8-19-6-7-22-23(13-19)31-17-30-22/h3-7,12-13,18H,8-11,14-17H2,1-2H3,(H2,25,26,27). The Kier molecular flexibility index (Phi) is 7.27. The molecule has 0 spiro atoms. The summed E-state index contributed by atoms with van der Waals surface area (Å²) in [5.74, 6) is 2.44. The summed E-state index contributed by atoms with van der Waals surface area (Å²) in [5.41, 5.74) is 3.79. The van der Waals surface area contributed by atoms with Gasteiger partial charge in [-0.1, -0.05) is 30.3 Å². The minimum absolute atomic E-state index is 0.306. The molecule has 0 aromatic heterocycles. The van der Waals surface area contributed by atoms with Crippen molar-refractivity contribution in [2.24, 2.45) is 4.99 Å². The lowest BCUT2D eigenvalue weighted by Gasteiger charge is -2.31. The number of ether oxygens (including phenoxy) is 3. The highest BCUT2D eigenvalue weighted by molar-refractivity contribution is 5.79. The fraction of sp³-hybridized carbons (Fsp3) is 0.458. The second kappa shape index (κ2) is 10.5. The molecule has 2 aromatic carbocycles. The Morgan fingerprint density at radius 2 is 1.94 bits per heavy atom. The third kappa shape index (κ3) is 6.12. The van der Waals surface area contributed by atoms with Gasteiger partial charge in [0.1, 0.15) is 0 Å². The van der Waals surface area contributed by atoms with Crippen LogP contribution in [0, 0.1) is 0 Å². The van der Waals surface area contributed by atoms with Crippen molar-refractivity contribution in [2.75, 3.05) is 40.1 Å². The van der Waals surface area contributed by atoms with E-state index in [2.05, 4.69) is 57.8 Å². The van der Waals surface area contributed by atoms with Crippen LogP contribution in [0.25, 0.3) is 0 Å². The maximum Gasteiger partial charge on any atom is 0.231 e. The molecule has 2 aromatic rings. The molecule has 2 aliphatic heterocycles. The van der Waals surface area contributed by atoms with Crippen LogP contribution < -0.4 is 20.1 Å². The smallest absolute Gasteiger partial charge is 0.231 e. The summed E-state index contributed by atoms with van der Waals surface area (Å²) in [4.78, 5) is 6.80. The Hall–Kier alpha value is -2.77. The molecule has 1 unspecified atom stereocenters. The molecule has 0 amide bonds. The lowest BCUT2D eigenvalue weighted by molar-refractivity contribution is -0.0212. The first-order valence-electron chi connectivity index (χ1n) is 10.9. The van der Waals surface area contributed by atoms with Gasteiger partial charge in [0.2, 0.25) is 6.79 Å². The van der Waals surface area contributed by atoms with Crippen molar-refractivity contribution in [1.82, 2.24) is 15.5 Å². The Labute approximate surface area is 184 Å². The number of nitrogens with zero attached hydrogens (tertiary/aromatic N) is 2. The van der Waals surface area contributed by atoms with Crippen LogP contribution in [-0.4, -0.2) is 57.0 Å². The van der Waals surface area contributed by atoms with Gasteiger partial charge in [-0.15, -0.1) is 0 Å². The molecule has 0 radical (unpaired) electrons. The van der Waals surface area contributed by atoms with Crippen molar-refractivity contribution in [2.45, 2.75) is 32.5 Å². The maximum absolute atomic E-state index is 5.64. The monoisotopic (exact) mass is 424 g/mol. The summed E-state index contributed by atoms with van der Waals surface area (Å²) in [6, 6.07) is 14.8. The molecule has 31 heavy (non-hydrogen) atoms. The molecular formula is C24H32N4O3. The summed E-state index contributed by atoms with van der Waals surface area (Å²) in [6.45, 7) is 7.72. The first kappa shape index (κ1) is 21.5. The molecule has 166 valence electrons. The van der Waals surface area contributed by atoms with Crippen molar-refractivity contribution in [1.29, 1.82) is 0 Å². The van der Waals surface area contributed by atoms with Crippen LogP contribution in [0.1, 0.15) is 23.6 Å². The quantitative estimate of drug-likeness (QED) is 0.526. The van der Waals surface area contributed by atoms with Crippen molar-refractivity contribution >= 4 is 5.96 Å². The summed E-state index contributed by atoms with van der Waals surface area (Å²) < 4.78 is 16.5. The fourth-order valence-corrected chi connectivity index (χ4v) is 3.96. The molecule has 7 heteroatoms. The second-order valence-corrected chi connectivity index (χ2v) is 8.03. The zero-order chi connectivity index (χ0) is 21.5. The highest BCUT2D eigenvalue weighted by Crippen LogP contribution is 2.32. The fourth-order valence-electron chi connectivity index (χ4n) is 3.96. The predicted octanol–water partition coefficient (Wildman–Crippen LogP) is 2.54. The van der Waals surface area contributed by atoms with E-state index < -0.39 is 0 Å². The molecule has 0 aliphatic carbocycles. The molecule has 0 bridgehead atoms. The van der Waals surface area contributed by atoms with Crippen LogP contribution in [0.15, 0.2) is 47.5 Å². The molecule has 2 aliphatic rings. The first-order valence-corrected chi connectivity index (χ1v) is 10.9. The Balaban J connectivity index is 1.23. The summed E-state index contributed by atoms with van der Waals surface area (Å²) >= 11 is 0. The largest absolute Gasteiger partial charge is 0.454 e. The van der Waals surface area contributed by atoms with Crippen molar-refractivity contribution in [3.05, 3.63) is 59.2 Å². The summed E-state index contributed by atoms with van der Waals surface area (Å²) in [7, 11) is 1.80. The van der Waals surface area contributed by atoms with Gasteiger partial charge in [-0.25, -0.2) is 0 Å². The molecule has 1 saturated heterocycles. The van der Waals surface area contributed by atoms with Crippen LogP contribution in [0.3, 0.4) is 0 Å². The average Bonchev–Trinajstić information content (AvgIpc) is 3.24. The van der Waals surface area contributed by atoms with Crippen LogP contribution in [0.5, 0.6) is 11.5 Å². The normalized spacial score (nSPS) is 18.8. The highest BCUT2D eigenvalue weighted by Gasteiger charge is 2.16. The number of fused-ring (bicyclic) bond motifs is 1. The van der Waals surface area contributed by atoms with E-state index in [9.17, 15) is 0 Å². The summed E-state index contributed by atoms with van der Waals surface area (Å²) in [6.07, 6.45) is 1.19. The van der Waals surface area contributed by atoms with Gasteiger partial charge in [0.05, 0.1) is 12.7 Å². The average molecular weight is 425 g/mol. The Morgan fingerprint density at radius 3 is 2.81 bits per heavy atom. The molecule has 7 nitrogen and oxygen atoms in total. The number of benzene rings is 2. The Bertz CT molecular complexity index is 902.